The predicted octanol–water partition coefficient (Wildman–Crippen LogP) is 3.36. The second-order valence-electron chi connectivity index (χ2n) is 4.78. The first-order valence-corrected chi connectivity index (χ1v) is 7.00. The molecule has 0 spiro atoms. The van der Waals surface area contributed by atoms with E-state index in [4.69, 9.17) is 9.47 Å². The lowest BCUT2D eigenvalue weighted by Gasteiger charge is -2.27. The molecule has 0 amide bonds. The van der Waals surface area contributed by atoms with Crippen molar-refractivity contribution in [3.05, 3.63) is 22.2 Å². The third-order valence-corrected chi connectivity index (χ3v) is 4.48. The molecule has 1 aromatic rings. The van der Waals surface area contributed by atoms with Crippen molar-refractivity contribution in [3.8, 4) is 11.5 Å². The minimum Gasteiger partial charge on any atom is -0.496 e. The zero-order valence-corrected chi connectivity index (χ0v) is 12.6. The highest BCUT2D eigenvalue weighted by Gasteiger charge is 2.45. The highest BCUT2D eigenvalue weighted by atomic mass is 79.9. The molecule has 1 fully saturated rings. The molecule has 0 aliphatic heterocycles. The Balaban J connectivity index is 2.61. The van der Waals surface area contributed by atoms with E-state index in [0.29, 0.717) is 29.9 Å². The molecule has 0 unspecified atom stereocenters. The first-order valence-electron chi connectivity index (χ1n) is 6.20. The van der Waals surface area contributed by atoms with Crippen molar-refractivity contribution in [2.24, 2.45) is 0 Å². The van der Waals surface area contributed by atoms with Gasteiger partial charge in [0.05, 0.1) is 24.1 Å². The van der Waals surface area contributed by atoms with Gasteiger partial charge in [-0.3, -0.25) is 4.79 Å². The van der Waals surface area contributed by atoms with Crippen LogP contribution in [0.1, 0.15) is 31.2 Å². The van der Waals surface area contributed by atoms with E-state index < -0.39 is 11.4 Å². The van der Waals surface area contributed by atoms with Crippen molar-refractivity contribution in [3.63, 3.8) is 0 Å². The molecular weight excluding hydrogens is 312 g/mol. The van der Waals surface area contributed by atoms with E-state index in [2.05, 4.69) is 15.9 Å². The summed E-state index contributed by atoms with van der Waals surface area (Å²) >= 11 is 3.39. The molecule has 1 saturated carbocycles. The molecule has 1 N–H and O–H groups in total. The monoisotopic (exact) mass is 328 g/mol. The van der Waals surface area contributed by atoms with E-state index >= 15 is 0 Å². The fraction of sp³-hybridized carbons (Fsp3) is 0.500. The van der Waals surface area contributed by atoms with Crippen LogP contribution in [0.25, 0.3) is 0 Å². The molecule has 0 atom stereocenters. The second kappa shape index (κ2) is 5.41. The Morgan fingerprint density at radius 2 is 1.79 bits per heavy atom. The van der Waals surface area contributed by atoms with Gasteiger partial charge in [-0.05, 0) is 40.9 Å². The third kappa shape index (κ3) is 2.31. The van der Waals surface area contributed by atoms with E-state index in [9.17, 15) is 9.90 Å². The minimum absolute atomic E-state index is 0.594. The van der Waals surface area contributed by atoms with Crippen LogP contribution in [0.3, 0.4) is 0 Å². The minimum atomic E-state index is -0.848. The summed E-state index contributed by atoms with van der Waals surface area (Å²) in [7, 11) is 3.13. The molecular formula is C14H17BrO4. The Labute approximate surface area is 120 Å². The van der Waals surface area contributed by atoms with Crippen LogP contribution < -0.4 is 9.47 Å². The summed E-state index contributed by atoms with van der Waals surface area (Å²) in [5.41, 5.74) is -0.140. The van der Waals surface area contributed by atoms with Gasteiger partial charge in [0.1, 0.15) is 11.5 Å². The molecule has 5 heteroatoms. The maximum absolute atomic E-state index is 11.8. The quantitative estimate of drug-likeness (QED) is 0.920. The smallest absolute Gasteiger partial charge is 0.314 e. The number of methoxy groups -OCH3 is 2. The summed E-state index contributed by atoms with van der Waals surface area (Å²) in [6.45, 7) is 0. The Morgan fingerprint density at radius 1 is 1.21 bits per heavy atom. The van der Waals surface area contributed by atoms with Crippen LogP contribution >= 0.6 is 15.9 Å². The average Bonchev–Trinajstić information content (AvgIpc) is 2.88. The maximum Gasteiger partial charge on any atom is 0.314 e. The molecule has 4 nitrogen and oxygen atoms in total. The largest absolute Gasteiger partial charge is 0.496 e. The summed E-state index contributed by atoms with van der Waals surface area (Å²) < 4.78 is 11.4. The topological polar surface area (TPSA) is 55.8 Å². The molecule has 0 saturated heterocycles. The van der Waals surface area contributed by atoms with Crippen LogP contribution in [0.5, 0.6) is 11.5 Å². The first kappa shape index (κ1) is 14.2. The van der Waals surface area contributed by atoms with Crippen molar-refractivity contribution in [1.29, 1.82) is 0 Å². The number of rotatable bonds is 4. The van der Waals surface area contributed by atoms with Gasteiger partial charge in [-0.15, -0.1) is 0 Å². The van der Waals surface area contributed by atoms with E-state index in [-0.39, 0.29) is 0 Å². The number of carboxylic acid groups (broad SMARTS) is 1. The number of carboxylic acids is 1. The Hall–Kier alpha value is -1.23. The van der Waals surface area contributed by atoms with Crippen LogP contribution in [-0.4, -0.2) is 25.3 Å². The summed E-state index contributed by atoms with van der Waals surface area (Å²) in [6, 6.07) is 3.56. The zero-order valence-electron chi connectivity index (χ0n) is 11.0. The summed E-state index contributed by atoms with van der Waals surface area (Å²) in [4.78, 5) is 11.8. The lowest BCUT2D eigenvalue weighted by atomic mass is 9.78. The number of carbonyl (C=O) groups is 1. The SMILES string of the molecule is COc1cc(C2(C(=O)O)CCCC2)c(OC)cc1Br. The number of hydrogen-bond donors (Lipinski definition) is 1. The normalized spacial score (nSPS) is 17.2. The van der Waals surface area contributed by atoms with Crippen LogP contribution in [0.15, 0.2) is 16.6 Å². The molecule has 0 aromatic heterocycles. The van der Waals surface area contributed by atoms with Gasteiger partial charge in [0.2, 0.25) is 0 Å². The third-order valence-electron chi connectivity index (χ3n) is 3.86. The zero-order chi connectivity index (χ0) is 14.0. The summed E-state index contributed by atoms with van der Waals surface area (Å²) in [6.07, 6.45) is 3.13. The van der Waals surface area contributed by atoms with E-state index in [1.54, 1.807) is 26.4 Å². The Kier molecular flexibility index (Phi) is 4.04. The van der Waals surface area contributed by atoms with Crippen molar-refractivity contribution < 1.29 is 19.4 Å². The van der Waals surface area contributed by atoms with Crippen LogP contribution in [-0.2, 0) is 10.2 Å². The predicted molar refractivity (Wildman–Crippen MR) is 75.0 cm³/mol. The molecule has 19 heavy (non-hydrogen) atoms. The van der Waals surface area contributed by atoms with Gasteiger partial charge in [0.15, 0.2) is 0 Å². The molecule has 0 heterocycles. The van der Waals surface area contributed by atoms with Crippen LogP contribution in [0, 0.1) is 0 Å². The van der Waals surface area contributed by atoms with Crippen molar-refractivity contribution in [2.75, 3.05) is 14.2 Å². The van der Waals surface area contributed by atoms with Gasteiger partial charge in [-0.2, -0.15) is 0 Å². The molecule has 0 radical (unpaired) electrons. The molecule has 104 valence electrons. The molecule has 1 aliphatic carbocycles. The van der Waals surface area contributed by atoms with E-state index in [0.717, 1.165) is 17.3 Å². The van der Waals surface area contributed by atoms with Gasteiger partial charge >= 0.3 is 5.97 Å². The number of aliphatic carboxylic acids is 1. The highest BCUT2D eigenvalue weighted by Crippen LogP contribution is 2.47. The lowest BCUT2D eigenvalue weighted by molar-refractivity contribution is -0.143. The second-order valence-corrected chi connectivity index (χ2v) is 5.64. The summed E-state index contributed by atoms with van der Waals surface area (Å²) in [5, 5.41) is 9.66. The fourth-order valence-corrected chi connectivity index (χ4v) is 3.30. The van der Waals surface area contributed by atoms with E-state index in [1.165, 1.54) is 0 Å². The fourth-order valence-electron chi connectivity index (χ4n) is 2.81. The van der Waals surface area contributed by atoms with Gasteiger partial charge in [-0.25, -0.2) is 0 Å². The van der Waals surface area contributed by atoms with Gasteiger partial charge in [-0.1, -0.05) is 12.8 Å². The lowest BCUT2D eigenvalue weighted by Crippen LogP contribution is -2.33. The molecule has 1 aliphatic rings. The number of hydrogen-bond acceptors (Lipinski definition) is 3. The average molecular weight is 329 g/mol. The molecule has 2 rings (SSSR count). The number of halogens is 1. The standard InChI is InChI=1S/C14H17BrO4/c1-18-11-8-10(15)12(19-2)7-9(11)14(13(16)17)5-3-4-6-14/h7-8H,3-6H2,1-2H3,(H,16,17). The number of benzene rings is 1. The van der Waals surface area contributed by atoms with Gasteiger partial charge in [0.25, 0.3) is 0 Å². The Morgan fingerprint density at radius 3 is 2.26 bits per heavy atom. The highest BCUT2D eigenvalue weighted by molar-refractivity contribution is 9.10. The van der Waals surface area contributed by atoms with Crippen molar-refractivity contribution in [2.45, 2.75) is 31.1 Å². The van der Waals surface area contributed by atoms with Crippen LogP contribution in [0.2, 0.25) is 0 Å². The van der Waals surface area contributed by atoms with Crippen molar-refractivity contribution >= 4 is 21.9 Å². The number of ether oxygens (including phenoxy) is 2. The van der Waals surface area contributed by atoms with Gasteiger partial charge < -0.3 is 14.6 Å². The van der Waals surface area contributed by atoms with Crippen molar-refractivity contribution in [1.82, 2.24) is 0 Å². The molecule has 1 aromatic carbocycles. The molecule has 0 bridgehead atoms. The van der Waals surface area contributed by atoms with Gasteiger partial charge in [0, 0.05) is 5.56 Å². The van der Waals surface area contributed by atoms with Crippen LogP contribution in [0.4, 0.5) is 0 Å². The Bertz CT molecular complexity index is 492. The first-order chi connectivity index (χ1) is 9.05. The maximum atomic E-state index is 11.8. The summed E-state index contributed by atoms with van der Waals surface area (Å²) in [5.74, 6) is 0.438. The van der Waals surface area contributed by atoms with E-state index in [1.807, 2.05) is 0 Å².